The zero-order valence-corrected chi connectivity index (χ0v) is 23.8. The van der Waals surface area contributed by atoms with E-state index in [1.165, 1.54) is 83.1 Å². The molecule has 1 unspecified atom stereocenters. The summed E-state index contributed by atoms with van der Waals surface area (Å²) in [6.45, 7) is 2.59. The second kappa shape index (κ2) is 16.6. The highest BCUT2D eigenvalue weighted by Crippen LogP contribution is 2.25. The Balaban J connectivity index is 1.38. The van der Waals surface area contributed by atoms with Crippen LogP contribution in [0.15, 0.2) is 48.5 Å². The molecular weight excluding hydrogens is 508 g/mol. The van der Waals surface area contributed by atoms with Crippen molar-refractivity contribution >= 4 is 29.4 Å². The van der Waals surface area contributed by atoms with Gasteiger partial charge in [-0.15, -0.1) is 0 Å². The standard InChI is InChI=1S/C32H42N2O6/c1-3-4-5-6-7-8-9-10-11-12-13-16-22-40-32(38)24-18-17-19-25(23-24)33-28(35)31(39-2)34-29(36)26-20-14-15-21-27(26)30(34)37/h14-15,17-21,23,31H,3-13,16,22H2,1-2H3,(H,33,35). The van der Waals surface area contributed by atoms with Gasteiger partial charge >= 0.3 is 5.97 Å². The molecule has 0 saturated carbocycles. The summed E-state index contributed by atoms with van der Waals surface area (Å²) in [4.78, 5) is 51.8. The number of rotatable bonds is 18. The molecule has 1 atom stereocenters. The molecule has 0 aliphatic carbocycles. The van der Waals surface area contributed by atoms with Gasteiger partial charge in [0.05, 0.1) is 23.3 Å². The van der Waals surface area contributed by atoms with Crippen LogP contribution in [-0.2, 0) is 14.3 Å². The van der Waals surface area contributed by atoms with Gasteiger partial charge in [0.15, 0.2) is 0 Å². The molecule has 3 amide bonds. The quantitative estimate of drug-likeness (QED) is 0.125. The van der Waals surface area contributed by atoms with Crippen molar-refractivity contribution in [3.63, 3.8) is 0 Å². The number of benzene rings is 2. The zero-order chi connectivity index (χ0) is 28.7. The third-order valence-corrected chi connectivity index (χ3v) is 7.10. The Morgan fingerprint density at radius 3 is 1.88 bits per heavy atom. The number of imide groups is 1. The number of carbonyl (C=O) groups excluding carboxylic acids is 4. The number of esters is 1. The summed E-state index contributed by atoms with van der Waals surface area (Å²) in [5, 5.41) is 2.63. The minimum Gasteiger partial charge on any atom is -0.462 e. The van der Waals surface area contributed by atoms with E-state index >= 15 is 0 Å². The van der Waals surface area contributed by atoms with Crippen LogP contribution in [0.4, 0.5) is 5.69 Å². The molecule has 8 heteroatoms. The summed E-state index contributed by atoms with van der Waals surface area (Å²) in [5.74, 6) is -2.38. The van der Waals surface area contributed by atoms with Crippen molar-refractivity contribution in [2.24, 2.45) is 0 Å². The van der Waals surface area contributed by atoms with Crippen molar-refractivity contribution in [3.8, 4) is 0 Å². The first-order valence-electron chi connectivity index (χ1n) is 14.6. The Kier molecular flexibility index (Phi) is 12.8. The maximum absolute atomic E-state index is 13.0. The normalized spacial score (nSPS) is 13.3. The Morgan fingerprint density at radius 2 is 1.32 bits per heavy atom. The highest BCUT2D eigenvalue weighted by molar-refractivity contribution is 6.23. The highest BCUT2D eigenvalue weighted by atomic mass is 16.5. The summed E-state index contributed by atoms with van der Waals surface area (Å²) in [6, 6.07) is 12.7. The number of carbonyl (C=O) groups is 4. The number of methoxy groups -OCH3 is 1. The molecule has 0 fully saturated rings. The second-order valence-electron chi connectivity index (χ2n) is 10.2. The number of nitrogens with one attached hydrogen (secondary N) is 1. The number of ether oxygens (including phenoxy) is 2. The fourth-order valence-electron chi connectivity index (χ4n) is 4.87. The van der Waals surface area contributed by atoms with Gasteiger partial charge in [-0.3, -0.25) is 14.4 Å². The fourth-order valence-corrected chi connectivity index (χ4v) is 4.87. The van der Waals surface area contributed by atoms with E-state index in [4.69, 9.17) is 9.47 Å². The molecule has 0 saturated heterocycles. The van der Waals surface area contributed by atoms with E-state index in [1.54, 1.807) is 30.3 Å². The lowest BCUT2D eigenvalue weighted by atomic mass is 10.1. The number of unbranched alkanes of at least 4 members (excludes halogenated alkanes) is 11. The fraction of sp³-hybridized carbons (Fsp3) is 0.500. The van der Waals surface area contributed by atoms with Crippen LogP contribution in [0.1, 0.15) is 115 Å². The number of nitrogens with zero attached hydrogens (tertiary/aromatic N) is 1. The molecule has 1 heterocycles. The molecule has 2 aromatic carbocycles. The summed E-state index contributed by atoms with van der Waals surface area (Å²) in [5.41, 5.74) is 1.07. The SMILES string of the molecule is CCCCCCCCCCCCCCOC(=O)c1cccc(NC(=O)C(OC)N2C(=O)c3ccccc3C2=O)c1. The van der Waals surface area contributed by atoms with E-state index in [9.17, 15) is 19.2 Å². The van der Waals surface area contributed by atoms with Gasteiger partial charge in [-0.2, -0.15) is 0 Å². The van der Waals surface area contributed by atoms with Gasteiger partial charge in [0.25, 0.3) is 17.7 Å². The van der Waals surface area contributed by atoms with Gasteiger partial charge in [0, 0.05) is 12.8 Å². The number of hydrogen-bond acceptors (Lipinski definition) is 6. The Morgan fingerprint density at radius 1 is 0.775 bits per heavy atom. The Bertz CT molecular complexity index is 1110. The topological polar surface area (TPSA) is 102 Å². The zero-order valence-electron chi connectivity index (χ0n) is 23.8. The van der Waals surface area contributed by atoms with Crippen LogP contribution < -0.4 is 5.32 Å². The summed E-state index contributed by atoms with van der Waals surface area (Å²) < 4.78 is 10.6. The molecule has 0 aromatic heterocycles. The van der Waals surface area contributed by atoms with Gasteiger partial charge in [0.2, 0.25) is 6.23 Å². The van der Waals surface area contributed by atoms with E-state index in [1.807, 2.05) is 0 Å². The number of anilines is 1. The molecule has 0 bridgehead atoms. The maximum atomic E-state index is 13.0. The van der Waals surface area contributed by atoms with Crippen molar-refractivity contribution in [1.29, 1.82) is 0 Å². The van der Waals surface area contributed by atoms with Crippen molar-refractivity contribution in [3.05, 3.63) is 65.2 Å². The first kappa shape index (κ1) is 31.0. The monoisotopic (exact) mass is 550 g/mol. The third-order valence-electron chi connectivity index (χ3n) is 7.10. The summed E-state index contributed by atoms with van der Waals surface area (Å²) in [6.07, 6.45) is 13.3. The van der Waals surface area contributed by atoms with Crippen LogP contribution in [-0.4, -0.2) is 48.5 Å². The molecule has 0 radical (unpaired) electrons. The van der Waals surface area contributed by atoms with Gasteiger partial charge < -0.3 is 14.8 Å². The van der Waals surface area contributed by atoms with Crippen LogP contribution in [0, 0.1) is 0 Å². The van der Waals surface area contributed by atoms with Gasteiger partial charge in [0.1, 0.15) is 0 Å². The van der Waals surface area contributed by atoms with E-state index in [0.717, 1.165) is 24.2 Å². The van der Waals surface area contributed by atoms with Crippen LogP contribution in [0.3, 0.4) is 0 Å². The lowest BCUT2D eigenvalue weighted by molar-refractivity contribution is -0.132. The molecule has 1 aliphatic rings. The minimum atomic E-state index is -1.46. The number of fused-ring (bicyclic) bond motifs is 1. The van der Waals surface area contributed by atoms with Crippen LogP contribution in [0.5, 0.6) is 0 Å². The van der Waals surface area contributed by atoms with E-state index in [2.05, 4.69) is 12.2 Å². The van der Waals surface area contributed by atoms with E-state index < -0.39 is 29.9 Å². The molecule has 3 rings (SSSR count). The van der Waals surface area contributed by atoms with Crippen molar-refractivity contribution in [1.82, 2.24) is 4.90 Å². The third kappa shape index (κ3) is 8.74. The molecule has 1 aliphatic heterocycles. The predicted octanol–water partition coefficient (Wildman–Crippen LogP) is 6.75. The van der Waals surface area contributed by atoms with E-state index in [0.29, 0.717) is 17.9 Å². The summed E-state index contributed by atoms with van der Waals surface area (Å²) >= 11 is 0. The van der Waals surface area contributed by atoms with Gasteiger partial charge in [-0.25, -0.2) is 9.69 Å². The van der Waals surface area contributed by atoms with Crippen LogP contribution in [0.25, 0.3) is 0 Å². The Hall–Kier alpha value is -3.52. The summed E-state index contributed by atoms with van der Waals surface area (Å²) in [7, 11) is 1.25. The molecule has 2 aromatic rings. The Labute approximate surface area is 237 Å². The minimum absolute atomic E-state index is 0.222. The molecule has 40 heavy (non-hydrogen) atoms. The first-order chi connectivity index (χ1) is 19.5. The average Bonchev–Trinajstić information content (AvgIpc) is 3.21. The first-order valence-corrected chi connectivity index (χ1v) is 14.6. The van der Waals surface area contributed by atoms with Crippen molar-refractivity contribution in [2.45, 2.75) is 90.2 Å². The smallest absolute Gasteiger partial charge is 0.338 e. The lowest BCUT2D eigenvalue weighted by Gasteiger charge is -2.23. The lowest BCUT2D eigenvalue weighted by Crippen LogP contribution is -2.48. The predicted molar refractivity (Wildman–Crippen MR) is 154 cm³/mol. The number of amides is 3. The second-order valence-corrected chi connectivity index (χ2v) is 10.2. The average molecular weight is 551 g/mol. The van der Waals surface area contributed by atoms with E-state index in [-0.39, 0.29) is 11.1 Å². The highest BCUT2D eigenvalue weighted by Gasteiger charge is 2.43. The van der Waals surface area contributed by atoms with Crippen LogP contribution in [0.2, 0.25) is 0 Å². The van der Waals surface area contributed by atoms with Crippen molar-refractivity contribution < 1.29 is 28.7 Å². The molecule has 1 N–H and O–H groups in total. The maximum Gasteiger partial charge on any atom is 0.338 e. The largest absolute Gasteiger partial charge is 0.462 e. The molecule has 8 nitrogen and oxygen atoms in total. The molecule has 0 spiro atoms. The van der Waals surface area contributed by atoms with Crippen LogP contribution >= 0.6 is 0 Å². The number of hydrogen-bond donors (Lipinski definition) is 1. The van der Waals surface area contributed by atoms with Gasteiger partial charge in [-0.05, 0) is 36.8 Å². The molecule has 216 valence electrons. The molecular formula is C32H42N2O6. The van der Waals surface area contributed by atoms with Gasteiger partial charge in [-0.1, -0.05) is 95.8 Å². The van der Waals surface area contributed by atoms with Crippen molar-refractivity contribution in [2.75, 3.05) is 19.0 Å².